The summed E-state index contributed by atoms with van der Waals surface area (Å²) >= 11 is 0. The Morgan fingerprint density at radius 2 is 2.12 bits per heavy atom. The highest BCUT2D eigenvalue weighted by atomic mass is 16.5. The van der Waals surface area contributed by atoms with Crippen molar-refractivity contribution in [3.05, 3.63) is 58.6 Å². The van der Waals surface area contributed by atoms with Gasteiger partial charge in [-0.15, -0.1) is 0 Å². The fraction of sp³-hybridized carbons (Fsp3) is 0.278. The maximum Gasteiger partial charge on any atom is 0.274 e. The molecule has 3 rings (SSSR count). The molecule has 0 aliphatic rings. The molecule has 0 atom stereocenters. The molecule has 0 radical (unpaired) electrons. The summed E-state index contributed by atoms with van der Waals surface area (Å²) in [4.78, 5) is 27.3. The summed E-state index contributed by atoms with van der Waals surface area (Å²) in [6, 6.07) is 11.0. The molecule has 0 aliphatic carbocycles. The maximum atomic E-state index is 12.3. The zero-order valence-corrected chi connectivity index (χ0v) is 14.0. The number of aromatic nitrogens is 3. The number of aromatic amines is 1. The van der Waals surface area contributed by atoms with Crippen LogP contribution in [0, 0.1) is 0 Å². The van der Waals surface area contributed by atoms with E-state index < -0.39 is 0 Å². The molecule has 0 spiro atoms. The van der Waals surface area contributed by atoms with Gasteiger partial charge in [0.1, 0.15) is 5.52 Å². The van der Waals surface area contributed by atoms with Gasteiger partial charge in [-0.25, -0.2) is 4.52 Å². The van der Waals surface area contributed by atoms with E-state index in [1.165, 1.54) is 10.6 Å². The summed E-state index contributed by atoms with van der Waals surface area (Å²) in [5, 5.41) is 7.01. The van der Waals surface area contributed by atoms with Crippen LogP contribution in [0.15, 0.2) is 47.4 Å². The molecule has 7 nitrogen and oxygen atoms in total. The van der Waals surface area contributed by atoms with Crippen LogP contribution < -0.4 is 10.9 Å². The molecule has 25 heavy (non-hydrogen) atoms. The Labute approximate surface area is 144 Å². The Bertz CT molecular complexity index is 915. The van der Waals surface area contributed by atoms with Gasteiger partial charge in [-0.05, 0) is 18.9 Å². The van der Waals surface area contributed by atoms with E-state index in [1.54, 1.807) is 6.20 Å². The number of amides is 1. The third-order valence-corrected chi connectivity index (χ3v) is 3.74. The molecule has 130 valence electrons. The van der Waals surface area contributed by atoms with Crippen LogP contribution in [0.1, 0.15) is 23.8 Å². The van der Waals surface area contributed by atoms with Crippen molar-refractivity contribution < 1.29 is 9.53 Å². The third-order valence-electron chi connectivity index (χ3n) is 3.74. The minimum absolute atomic E-state index is 0.215. The summed E-state index contributed by atoms with van der Waals surface area (Å²) in [6.45, 7) is 3.68. The lowest BCUT2D eigenvalue weighted by Crippen LogP contribution is -2.25. The van der Waals surface area contributed by atoms with Crippen molar-refractivity contribution in [2.45, 2.75) is 13.3 Å². The molecule has 2 N–H and O–H groups in total. The van der Waals surface area contributed by atoms with Crippen LogP contribution in [0.5, 0.6) is 0 Å². The maximum absolute atomic E-state index is 12.3. The van der Waals surface area contributed by atoms with Gasteiger partial charge < -0.3 is 15.0 Å². The van der Waals surface area contributed by atoms with Crippen LogP contribution in [-0.4, -0.2) is 40.3 Å². The van der Waals surface area contributed by atoms with Crippen LogP contribution in [0.25, 0.3) is 16.8 Å². The number of benzene rings is 1. The number of nitrogens with zero attached hydrogens (tertiary/aromatic N) is 2. The third kappa shape index (κ3) is 3.95. The molecule has 0 bridgehead atoms. The van der Waals surface area contributed by atoms with Crippen molar-refractivity contribution in [3.8, 4) is 11.3 Å². The average molecular weight is 340 g/mol. The molecular weight excluding hydrogens is 320 g/mol. The number of nitrogens with one attached hydrogen (secondary N) is 2. The molecule has 0 fully saturated rings. The monoisotopic (exact) mass is 340 g/mol. The fourth-order valence-corrected chi connectivity index (χ4v) is 2.49. The Balaban J connectivity index is 1.79. The number of hydrogen-bond donors (Lipinski definition) is 2. The molecule has 7 heteroatoms. The fourth-order valence-electron chi connectivity index (χ4n) is 2.49. The first-order valence-electron chi connectivity index (χ1n) is 8.23. The van der Waals surface area contributed by atoms with Gasteiger partial charge in [-0.2, -0.15) is 5.10 Å². The SMILES string of the molecule is CCOCCCNC(=O)c1cc2c(=O)[nH]c(-c3ccccc3)cn2n1. The van der Waals surface area contributed by atoms with Gasteiger partial charge in [0.25, 0.3) is 11.5 Å². The molecule has 0 unspecified atom stereocenters. The van der Waals surface area contributed by atoms with Crippen LogP contribution in [0.2, 0.25) is 0 Å². The zero-order valence-electron chi connectivity index (χ0n) is 14.0. The number of ether oxygens (including phenoxy) is 1. The average Bonchev–Trinajstić information content (AvgIpc) is 3.07. The van der Waals surface area contributed by atoms with Gasteiger partial charge in [0, 0.05) is 25.8 Å². The number of rotatable bonds is 7. The molecule has 1 amide bonds. The van der Waals surface area contributed by atoms with Crippen molar-refractivity contribution in [1.82, 2.24) is 19.9 Å². The van der Waals surface area contributed by atoms with Gasteiger partial charge >= 0.3 is 0 Å². The number of hydrogen-bond acceptors (Lipinski definition) is 4. The topological polar surface area (TPSA) is 88.5 Å². The first-order valence-corrected chi connectivity index (χ1v) is 8.23. The van der Waals surface area contributed by atoms with E-state index in [0.29, 0.717) is 31.0 Å². The minimum atomic E-state index is -0.305. The summed E-state index contributed by atoms with van der Waals surface area (Å²) in [5.41, 5.74) is 1.78. The molecule has 0 saturated carbocycles. The first-order chi connectivity index (χ1) is 12.2. The highest BCUT2D eigenvalue weighted by Crippen LogP contribution is 2.15. The van der Waals surface area contributed by atoms with Crippen molar-refractivity contribution in [2.24, 2.45) is 0 Å². The Morgan fingerprint density at radius 3 is 2.88 bits per heavy atom. The Morgan fingerprint density at radius 1 is 1.32 bits per heavy atom. The standard InChI is InChI=1S/C18H20N4O3/c1-2-25-10-6-9-19-17(23)14-11-16-18(24)20-15(12-22(16)21-14)13-7-4-3-5-8-13/h3-5,7-8,11-12H,2,6,9-10H2,1H3,(H,19,23)(H,20,24). The molecule has 2 heterocycles. The molecular formula is C18H20N4O3. The number of fused-ring (bicyclic) bond motifs is 1. The highest BCUT2D eigenvalue weighted by Gasteiger charge is 2.13. The Kier molecular flexibility index (Phi) is 5.25. The predicted molar refractivity (Wildman–Crippen MR) is 94.7 cm³/mol. The first kappa shape index (κ1) is 16.9. The van der Waals surface area contributed by atoms with Crippen LogP contribution in [0.4, 0.5) is 0 Å². The van der Waals surface area contributed by atoms with Crippen LogP contribution >= 0.6 is 0 Å². The normalized spacial score (nSPS) is 10.9. The minimum Gasteiger partial charge on any atom is -0.382 e. The van der Waals surface area contributed by atoms with Crippen molar-refractivity contribution in [3.63, 3.8) is 0 Å². The van der Waals surface area contributed by atoms with E-state index in [1.807, 2.05) is 37.3 Å². The lowest BCUT2D eigenvalue weighted by Gasteiger charge is -2.03. The van der Waals surface area contributed by atoms with Crippen molar-refractivity contribution in [1.29, 1.82) is 0 Å². The number of carbonyl (C=O) groups is 1. The van der Waals surface area contributed by atoms with E-state index in [-0.39, 0.29) is 17.2 Å². The highest BCUT2D eigenvalue weighted by molar-refractivity contribution is 5.93. The summed E-state index contributed by atoms with van der Waals surface area (Å²) in [6.07, 6.45) is 2.43. The second-order valence-corrected chi connectivity index (χ2v) is 5.53. The van der Waals surface area contributed by atoms with Gasteiger partial charge in [0.15, 0.2) is 5.69 Å². The van der Waals surface area contributed by atoms with E-state index in [4.69, 9.17) is 4.74 Å². The van der Waals surface area contributed by atoms with Crippen molar-refractivity contribution in [2.75, 3.05) is 19.8 Å². The molecule has 3 aromatic rings. The van der Waals surface area contributed by atoms with Gasteiger partial charge in [0.2, 0.25) is 0 Å². The van der Waals surface area contributed by atoms with E-state index in [0.717, 1.165) is 12.0 Å². The lowest BCUT2D eigenvalue weighted by atomic mass is 10.2. The summed E-state index contributed by atoms with van der Waals surface area (Å²) in [5.74, 6) is -0.305. The quantitative estimate of drug-likeness (QED) is 0.643. The molecule has 2 aromatic heterocycles. The van der Waals surface area contributed by atoms with Gasteiger partial charge in [-0.1, -0.05) is 30.3 Å². The van der Waals surface area contributed by atoms with Gasteiger partial charge in [0.05, 0.1) is 11.9 Å². The van der Waals surface area contributed by atoms with Gasteiger partial charge in [-0.3, -0.25) is 9.59 Å². The molecule has 1 aromatic carbocycles. The summed E-state index contributed by atoms with van der Waals surface area (Å²) < 4.78 is 6.66. The molecule has 0 aliphatic heterocycles. The van der Waals surface area contributed by atoms with E-state index >= 15 is 0 Å². The van der Waals surface area contributed by atoms with Crippen molar-refractivity contribution >= 4 is 11.4 Å². The van der Waals surface area contributed by atoms with Crippen LogP contribution in [-0.2, 0) is 4.74 Å². The lowest BCUT2D eigenvalue weighted by molar-refractivity contribution is 0.0939. The molecule has 0 saturated heterocycles. The largest absolute Gasteiger partial charge is 0.382 e. The second kappa shape index (κ2) is 7.76. The number of carbonyl (C=O) groups excluding carboxylic acids is 1. The smallest absolute Gasteiger partial charge is 0.274 e. The van der Waals surface area contributed by atoms with E-state index in [9.17, 15) is 9.59 Å². The second-order valence-electron chi connectivity index (χ2n) is 5.53. The Hall–Kier alpha value is -2.93. The zero-order chi connectivity index (χ0) is 17.6. The summed E-state index contributed by atoms with van der Waals surface area (Å²) in [7, 11) is 0. The predicted octanol–water partition coefficient (Wildman–Crippen LogP) is 1.85. The number of H-pyrrole nitrogens is 1. The van der Waals surface area contributed by atoms with Crippen LogP contribution in [0.3, 0.4) is 0 Å². The van der Waals surface area contributed by atoms with E-state index in [2.05, 4.69) is 15.4 Å².